The molecular weight excluding hydrogens is 258 g/mol. The number of nitrogens with zero attached hydrogens (tertiary/aromatic N) is 4. The van der Waals surface area contributed by atoms with Crippen LogP contribution in [0.3, 0.4) is 0 Å². The molecule has 0 aliphatic carbocycles. The molecule has 0 saturated heterocycles. The van der Waals surface area contributed by atoms with Crippen molar-refractivity contribution in [1.29, 1.82) is 0 Å². The standard InChI is InChI=1S/C13H23N5S/c1-5-10-11-12(17(4)16-10)18(13(14)15-11)9(3)7-8-19-6-2/h9H,5-8H2,1-4H3,(H2,14,15). The Morgan fingerprint density at radius 2 is 2.11 bits per heavy atom. The van der Waals surface area contributed by atoms with Crippen LogP contribution in [0, 0.1) is 0 Å². The van der Waals surface area contributed by atoms with Gasteiger partial charge < -0.3 is 5.73 Å². The van der Waals surface area contributed by atoms with Crippen molar-refractivity contribution in [1.82, 2.24) is 19.3 Å². The third-order valence-electron chi connectivity index (χ3n) is 3.42. The average molecular weight is 281 g/mol. The molecule has 5 nitrogen and oxygen atoms in total. The van der Waals surface area contributed by atoms with Gasteiger partial charge in [-0.2, -0.15) is 16.9 Å². The number of hydrogen-bond donors (Lipinski definition) is 1. The Kier molecular flexibility index (Phi) is 4.39. The van der Waals surface area contributed by atoms with E-state index in [2.05, 4.69) is 35.4 Å². The number of hydrogen-bond acceptors (Lipinski definition) is 4. The van der Waals surface area contributed by atoms with Crippen LogP contribution in [-0.4, -0.2) is 30.8 Å². The lowest BCUT2D eigenvalue weighted by Gasteiger charge is -2.15. The van der Waals surface area contributed by atoms with E-state index in [0.717, 1.165) is 41.2 Å². The molecule has 2 heterocycles. The van der Waals surface area contributed by atoms with Gasteiger partial charge in [-0.25, -0.2) is 4.98 Å². The first kappa shape index (κ1) is 14.2. The Labute approximate surface area is 118 Å². The largest absolute Gasteiger partial charge is 0.369 e. The summed E-state index contributed by atoms with van der Waals surface area (Å²) < 4.78 is 4.03. The van der Waals surface area contributed by atoms with Gasteiger partial charge in [-0.05, 0) is 31.3 Å². The summed E-state index contributed by atoms with van der Waals surface area (Å²) in [5.41, 5.74) is 9.13. The summed E-state index contributed by atoms with van der Waals surface area (Å²) in [5, 5.41) is 4.52. The summed E-state index contributed by atoms with van der Waals surface area (Å²) in [6, 6.07) is 0.351. The van der Waals surface area contributed by atoms with E-state index >= 15 is 0 Å². The minimum atomic E-state index is 0.351. The first-order chi connectivity index (χ1) is 9.10. The van der Waals surface area contributed by atoms with E-state index in [1.165, 1.54) is 0 Å². The number of aryl methyl sites for hydroxylation is 2. The molecule has 6 heteroatoms. The highest BCUT2D eigenvalue weighted by Crippen LogP contribution is 2.27. The maximum absolute atomic E-state index is 6.10. The average Bonchev–Trinajstić information content (AvgIpc) is 2.86. The lowest BCUT2D eigenvalue weighted by atomic mass is 10.2. The molecule has 1 unspecified atom stereocenters. The van der Waals surface area contributed by atoms with E-state index in [0.29, 0.717) is 12.0 Å². The lowest BCUT2D eigenvalue weighted by Crippen LogP contribution is -2.12. The fourth-order valence-corrected chi connectivity index (χ4v) is 3.22. The van der Waals surface area contributed by atoms with E-state index in [1.54, 1.807) is 0 Å². The van der Waals surface area contributed by atoms with Gasteiger partial charge in [0, 0.05) is 13.1 Å². The fraction of sp³-hybridized carbons (Fsp3) is 0.692. The molecule has 2 aromatic heterocycles. The molecule has 106 valence electrons. The summed E-state index contributed by atoms with van der Waals surface area (Å²) in [5.74, 6) is 2.91. The highest BCUT2D eigenvalue weighted by Gasteiger charge is 2.20. The molecule has 0 saturated carbocycles. The molecule has 0 radical (unpaired) electrons. The number of nitrogen functional groups attached to an aromatic ring is 1. The van der Waals surface area contributed by atoms with Crippen molar-refractivity contribution in [3.05, 3.63) is 5.69 Å². The minimum absolute atomic E-state index is 0.351. The van der Waals surface area contributed by atoms with Crippen molar-refractivity contribution >= 4 is 28.9 Å². The molecular formula is C13H23N5S. The predicted molar refractivity (Wildman–Crippen MR) is 82.6 cm³/mol. The zero-order chi connectivity index (χ0) is 14.0. The van der Waals surface area contributed by atoms with Crippen LogP contribution in [0.15, 0.2) is 0 Å². The Bertz CT molecular complexity index is 557. The van der Waals surface area contributed by atoms with Crippen LogP contribution < -0.4 is 5.73 Å². The maximum atomic E-state index is 6.10. The molecule has 19 heavy (non-hydrogen) atoms. The van der Waals surface area contributed by atoms with E-state index in [1.807, 2.05) is 23.5 Å². The van der Waals surface area contributed by atoms with Crippen molar-refractivity contribution in [2.75, 3.05) is 17.2 Å². The number of anilines is 1. The number of rotatable bonds is 6. The van der Waals surface area contributed by atoms with Gasteiger partial charge in [-0.3, -0.25) is 9.25 Å². The number of nitrogens with two attached hydrogens (primary N) is 1. The second-order valence-corrected chi connectivity index (χ2v) is 6.16. The zero-order valence-corrected chi connectivity index (χ0v) is 13.0. The Morgan fingerprint density at radius 3 is 2.74 bits per heavy atom. The maximum Gasteiger partial charge on any atom is 0.202 e. The van der Waals surface area contributed by atoms with Crippen LogP contribution in [0.4, 0.5) is 5.95 Å². The van der Waals surface area contributed by atoms with Crippen LogP contribution in [0.2, 0.25) is 0 Å². The highest BCUT2D eigenvalue weighted by molar-refractivity contribution is 7.99. The number of fused-ring (bicyclic) bond motifs is 1. The summed E-state index contributed by atoms with van der Waals surface area (Å²) >= 11 is 1.96. The van der Waals surface area contributed by atoms with Gasteiger partial charge in [0.25, 0.3) is 0 Å². The zero-order valence-electron chi connectivity index (χ0n) is 12.2. The molecule has 2 aromatic rings. The summed E-state index contributed by atoms with van der Waals surface area (Å²) in [6.45, 7) is 6.48. The molecule has 0 amide bonds. The van der Waals surface area contributed by atoms with E-state index in [-0.39, 0.29) is 0 Å². The van der Waals surface area contributed by atoms with Crippen molar-refractivity contribution in [2.45, 2.75) is 39.7 Å². The van der Waals surface area contributed by atoms with Crippen LogP contribution >= 0.6 is 11.8 Å². The van der Waals surface area contributed by atoms with Crippen LogP contribution in [0.25, 0.3) is 11.2 Å². The van der Waals surface area contributed by atoms with Gasteiger partial charge in [0.2, 0.25) is 5.95 Å². The summed E-state index contributed by atoms with van der Waals surface area (Å²) in [4.78, 5) is 4.50. The van der Waals surface area contributed by atoms with Crippen LogP contribution in [-0.2, 0) is 13.5 Å². The first-order valence-electron chi connectivity index (χ1n) is 6.87. The van der Waals surface area contributed by atoms with Crippen molar-refractivity contribution in [3.8, 4) is 0 Å². The smallest absolute Gasteiger partial charge is 0.202 e. The lowest BCUT2D eigenvalue weighted by molar-refractivity contribution is 0.542. The monoisotopic (exact) mass is 281 g/mol. The Morgan fingerprint density at radius 1 is 1.37 bits per heavy atom. The first-order valence-corrected chi connectivity index (χ1v) is 8.02. The van der Waals surface area contributed by atoms with Crippen molar-refractivity contribution in [3.63, 3.8) is 0 Å². The molecule has 2 N–H and O–H groups in total. The summed E-state index contributed by atoms with van der Waals surface area (Å²) in [7, 11) is 1.96. The van der Waals surface area contributed by atoms with E-state index < -0.39 is 0 Å². The SMILES string of the molecule is CCSCCC(C)n1c(N)nc2c(CC)nn(C)c21. The second kappa shape index (κ2) is 5.86. The number of aromatic nitrogens is 4. The third kappa shape index (κ3) is 2.59. The Hall–Kier alpha value is -1.17. The van der Waals surface area contributed by atoms with Crippen molar-refractivity contribution < 1.29 is 0 Å². The van der Waals surface area contributed by atoms with Crippen LogP contribution in [0.5, 0.6) is 0 Å². The molecule has 2 rings (SSSR count). The molecule has 0 aliphatic heterocycles. The van der Waals surface area contributed by atoms with Gasteiger partial charge in [-0.15, -0.1) is 0 Å². The molecule has 0 aliphatic rings. The topological polar surface area (TPSA) is 61.7 Å². The summed E-state index contributed by atoms with van der Waals surface area (Å²) in [6.07, 6.45) is 1.98. The molecule has 0 bridgehead atoms. The van der Waals surface area contributed by atoms with Gasteiger partial charge in [0.1, 0.15) is 5.52 Å². The molecule has 0 spiro atoms. The van der Waals surface area contributed by atoms with Gasteiger partial charge in [0.05, 0.1) is 5.69 Å². The van der Waals surface area contributed by atoms with E-state index in [9.17, 15) is 0 Å². The normalized spacial score (nSPS) is 13.3. The number of imidazole rings is 1. The number of thioether (sulfide) groups is 1. The second-order valence-electron chi connectivity index (χ2n) is 4.77. The quantitative estimate of drug-likeness (QED) is 0.827. The Balaban J connectivity index is 2.36. The van der Waals surface area contributed by atoms with Crippen molar-refractivity contribution in [2.24, 2.45) is 7.05 Å². The predicted octanol–water partition coefficient (Wildman–Crippen LogP) is 2.62. The third-order valence-corrected chi connectivity index (χ3v) is 4.36. The fourth-order valence-electron chi connectivity index (χ4n) is 2.42. The molecule has 0 fully saturated rings. The molecule has 1 atom stereocenters. The van der Waals surface area contributed by atoms with Crippen LogP contribution in [0.1, 0.15) is 38.9 Å². The minimum Gasteiger partial charge on any atom is -0.369 e. The van der Waals surface area contributed by atoms with Gasteiger partial charge >= 0.3 is 0 Å². The molecule has 0 aromatic carbocycles. The van der Waals surface area contributed by atoms with Gasteiger partial charge in [0.15, 0.2) is 5.65 Å². The van der Waals surface area contributed by atoms with Gasteiger partial charge in [-0.1, -0.05) is 13.8 Å². The van der Waals surface area contributed by atoms with E-state index in [4.69, 9.17) is 5.73 Å². The highest BCUT2D eigenvalue weighted by atomic mass is 32.2.